The van der Waals surface area contributed by atoms with Gasteiger partial charge in [-0.1, -0.05) is 30.3 Å². The summed E-state index contributed by atoms with van der Waals surface area (Å²) in [5.41, 5.74) is 7.24. The Morgan fingerprint density at radius 2 is 2.00 bits per heavy atom. The molecular weight excluding hydrogens is 344 g/mol. The zero-order valence-corrected chi connectivity index (χ0v) is 14.5. The zero-order valence-electron chi connectivity index (χ0n) is 13.6. The summed E-state index contributed by atoms with van der Waals surface area (Å²) in [7, 11) is 0. The van der Waals surface area contributed by atoms with Crippen molar-refractivity contribution >= 4 is 29.5 Å². The number of hydrogen-bond donors (Lipinski definition) is 4. The molecule has 134 valence electrons. The van der Waals surface area contributed by atoms with Crippen molar-refractivity contribution in [2.24, 2.45) is 5.73 Å². The summed E-state index contributed by atoms with van der Waals surface area (Å²) < 4.78 is 0. The molecule has 1 aromatic rings. The van der Waals surface area contributed by atoms with Gasteiger partial charge >= 0.3 is 5.97 Å². The molecule has 1 saturated heterocycles. The van der Waals surface area contributed by atoms with Gasteiger partial charge in [-0.05, 0) is 18.1 Å². The normalized spacial score (nSPS) is 23.1. The van der Waals surface area contributed by atoms with Crippen molar-refractivity contribution in [1.29, 1.82) is 0 Å². The standard InChI is InChI=1S/C16H17N3O4S.H3N/c1-8-7-24-15-11(14(21)19(15)12(8)16(22)23)18-13(20)10(17)9-5-3-2-4-6-9;/h2-6,10-11,15H,7,17H2,1H3,(H,18,20)(H,22,23);1H3/t10-,11-,15-;/m1./s1. The first-order valence-corrected chi connectivity index (χ1v) is 8.45. The van der Waals surface area contributed by atoms with E-state index in [4.69, 9.17) is 5.73 Å². The highest BCUT2D eigenvalue weighted by molar-refractivity contribution is 8.00. The van der Waals surface area contributed by atoms with Gasteiger partial charge < -0.3 is 22.3 Å². The summed E-state index contributed by atoms with van der Waals surface area (Å²) in [5.74, 6) is -1.50. The summed E-state index contributed by atoms with van der Waals surface area (Å²) in [6, 6.07) is 7.23. The molecule has 2 amide bonds. The van der Waals surface area contributed by atoms with E-state index in [9.17, 15) is 19.5 Å². The number of aliphatic carboxylic acids is 1. The Morgan fingerprint density at radius 1 is 1.36 bits per heavy atom. The number of carboxylic acids is 1. The number of fused-ring (bicyclic) bond motifs is 1. The van der Waals surface area contributed by atoms with Crippen molar-refractivity contribution in [3.63, 3.8) is 0 Å². The smallest absolute Gasteiger partial charge is 0.352 e. The molecular formula is C16H20N4O4S. The van der Waals surface area contributed by atoms with Gasteiger partial charge in [-0.3, -0.25) is 14.5 Å². The van der Waals surface area contributed by atoms with E-state index in [-0.39, 0.29) is 11.8 Å². The van der Waals surface area contributed by atoms with E-state index in [1.54, 1.807) is 31.2 Å². The predicted molar refractivity (Wildman–Crippen MR) is 93.8 cm³/mol. The number of carboxylic acid groups (broad SMARTS) is 1. The van der Waals surface area contributed by atoms with Crippen LogP contribution in [-0.4, -0.2) is 45.0 Å². The third kappa shape index (κ3) is 3.26. The number of amides is 2. The number of nitrogens with one attached hydrogen (secondary N) is 1. The van der Waals surface area contributed by atoms with Crippen LogP contribution >= 0.6 is 11.8 Å². The summed E-state index contributed by atoms with van der Waals surface area (Å²) in [5, 5.41) is 11.5. The van der Waals surface area contributed by atoms with Crippen LogP contribution in [0.15, 0.2) is 41.6 Å². The number of rotatable bonds is 4. The minimum Gasteiger partial charge on any atom is -0.477 e. The quantitative estimate of drug-likeness (QED) is 0.572. The van der Waals surface area contributed by atoms with Crippen LogP contribution in [0.25, 0.3) is 0 Å². The first kappa shape index (κ1) is 19.0. The molecule has 1 aromatic carbocycles. The summed E-state index contributed by atoms with van der Waals surface area (Å²) >= 11 is 1.43. The lowest BCUT2D eigenvalue weighted by atomic mass is 10.0. The molecule has 8 nitrogen and oxygen atoms in total. The zero-order chi connectivity index (χ0) is 17.4. The lowest BCUT2D eigenvalue weighted by Gasteiger charge is -2.49. The van der Waals surface area contributed by atoms with Crippen molar-refractivity contribution in [3.8, 4) is 0 Å². The second-order valence-corrected chi connectivity index (χ2v) is 6.82. The Morgan fingerprint density at radius 3 is 2.60 bits per heavy atom. The van der Waals surface area contributed by atoms with Gasteiger partial charge in [-0.25, -0.2) is 4.79 Å². The van der Waals surface area contributed by atoms with E-state index in [0.29, 0.717) is 16.9 Å². The van der Waals surface area contributed by atoms with Crippen LogP contribution in [0, 0.1) is 0 Å². The van der Waals surface area contributed by atoms with Gasteiger partial charge in [-0.15, -0.1) is 11.8 Å². The fourth-order valence-corrected chi connectivity index (χ4v) is 4.12. The van der Waals surface area contributed by atoms with E-state index < -0.39 is 35.2 Å². The van der Waals surface area contributed by atoms with Gasteiger partial charge in [0.1, 0.15) is 23.2 Å². The summed E-state index contributed by atoms with van der Waals surface area (Å²) in [4.78, 5) is 37.2. The van der Waals surface area contributed by atoms with Crippen molar-refractivity contribution in [2.45, 2.75) is 24.4 Å². The third-order valence-electron chi connectivity index (χ3n) is 4.10. The van der Waals surface area contributed by atoms with Crippen LogP contribution in [0.2, 0.25) is 0 Å². The monoisotopic (exact) mass is 364 g/mol. The van der Waals surface area contributed by atoms with Gasteiger partial charge in [0.15, 0.2) is 0 Å². The molecule has 2 aliphatic heterocycles. The van der Waals surface area contributed by atoms with Gasteiger partial charge in [0, 0.05) is 5.75 Å². The molecule has 25 heavy (non-hydrogen) atoms. The highest BCUT2D eigenvalue weighted by Crippen LogP contribution is 2.40. The number of β-lactam (4-membered cyclic amide) rings is 1. The molecule has 2 heterocycles. The van der Waals surface area contributed by atoms with Crippen molar-refractivity contribution in [3.05, 3.63) is 47.2 Å². The minimum atomic E-state index is -1.13. The van der Waals surface area contributed by atoms with Crippen LogP contribution in [-0.2, 0) is 14.4 Å². The van der Waals surface area contributed by atoms with Crippen LogP contribution in [0.4, 0.5) is 0 Å². The number of hydrogen-bond acceptors (Lipinski definition) is 6. The van der Waals surface area contributed by atoms with E-state index in [1.807, 2.05) is 6.07 Å². The van der Waals surface area contributed by atoms with E-state index >= 15 is 0 Å². The first-order valence-electron chi connectivity index (χ1n) is 7.40. The molecule has 0 bridgehead atoms. The highest BCUT2D eigenvalue weighted by atomic mass is 32.2. The first-order chi connectivity index (χ1) is 11.4. The van der Waals surface area contributed by atoms with Gasteiger partial charge in [0.25, 0.3) is 5.91 Å². The lowest BCUT2D eigenvalue weighted by molar-refractivity contribution is -0.150. The molecule has 7 N–H and O–H groups in total. The maximum Gasteiger partial charge on any atom is 0.352 e. The number of thioether (sulfide) groups is 1. The number of carbonyl (C=O) groups is 3. The van der Waals surface area contributed by atoms with E-state index in [1.165, 1.54) is 16.7 Å². The lowest BCUT2D eigenvalue weighted by Crippen LogP contribution is -2.71. The largest absolute Gasteiger partial charge is 0.477 e. The maximum absolute atomic E-state index is 12.3. The Balaban J connectivity index is 0.00000225. The van der Waals surface area contributed by atoms with E-state index in [2.05, 4.69) is 5.32 Å². The van der Waals surface area contributed by atoms with Crippen LogP contribution in [0.5, 0.6) is 0 Å². The van der Waals surface area contributed by atoms with E-state index in [0.717, 1.165) is 0 Å². The van der Waals surface area contributed by atoms with Crippen LogP contribution in [0.1, 0.15) is 18.5 Å². The molecule has 0 spiro atoms. The molecule has 0 saturated carbocycles. The van der Waals surface area contributed by atoms with Crippen LogP contribution < -0.4 is 17.2 Å². The second-order valence-electron chi connectivity index (χ2n) is 5.72. The molecule has 2 aliphatic rings. The Labute approximate surface area is 149 Å². The molecule has 0 aromatic heterocycles. The SMILES string of the molecule is CC1=C(C(=O)O)N2C(=O)[C@@H](NC(=O)[C@H](N)c3ccccc3)[C@H]2SC1.N. The van der Waals surface area contributed by atoms with Crippen LogP contribution in [0.3, 0.4) is 0 Å². The van der Waals surface area contributed by atoms with Crippen molar-refractivity contribution in [1.82, 2.24) is 16.4 Å². The molecule has 1 fully saturated rings. The molecule has 0 aliphatic carbocycles. The van der Waals surface area contributed by atoms with Gasteiger partial charge in [0.2, 0.25) is 5.91 Å². The molecule has 9 heteroatoms. The molecule has 3 atom stereocenters. The van der Waals surface area contributed by atoms with Crippen molar-refractivity contribution < 1.29 is 19.5 Å². The molecule has 0 unspecified atom stereocenters. The van der Waals surface area contributed by atoms with Gasteiger partial charge in [-0.2, -0.15) is 0 Å². The average molecular weight is 364 g/mol. The molecule has 3 rings (SSSR count). The number of nitrogens with zero attached hydrogens (tertiary/aromatic N) is 1. The topological polar surface area (TPSA) is 148 Å². The Hall–Kier alpha value is -2.36. The maximum atomic E-state index is 12.3. The van der Waals surface area contributed by atoms with Crippen molar-refractivity contribution in [2.75, 3.05) is 5.75 Å². The third-order valence-corrected chi connectivity index (χ3v) is 5.52. The van der Waals surface area contributed by atoms with Gasteiger partial charge in [0.05, 0.1) is 0 Å². The highest BCUT2D eigenvalue weighted by Gasteiger charge is 2.53. The average Bonchev–Trinajstić information content (AvgIpc) is 2.59. The Kier molecular flexibility index (Phi) is 5.51. The fourth-order valence-electron chi connectivity index (χ4n) is 2.83. The minimum absolute atomic E-state index is 0. The Bertz CT molecular complexity index is 737. The second kappa shape index (κ2) is 7.26. The number of carbonyl (C=O) groups excluding carboxylic acids is 2. The number of nitrogens with two attached hydrogens (primary N) is 1. The number of benzene rings is 1. The summed E-state index contributed by atoms with van der Waals surface area (Å²) in [6.07, 6.45) is 0. The molecule has 0 radical (unpaired) electrons. The fraction of sp³-hybridized carbons (Fsp3) is 0.312. The predicted octanol–water partition coefficient (Wildman–Crippen LogP) is 0.607. The summed E-state index contributed by atoms with van der Waals surface area (Å²) in [6.45, 7) is 1.69.